The highest BCUT2D eigenvalue weighted by molar-refractivity contribution is 6.10. The Balaban J connectivity index is 1.71. The third-order valence-electron chi connectivity index (χ3n) is 3.68. The number of carbonyl (C=O) groups excluding carboxylic acids is 1. The van der Waals surface area contributed by atoms with Gasteiger partial charge in [0.1, 0.15) is 5.75 Å². The molecule has 6 nitrogen and oxygen atoms in total. The number of ketones is 1. The van der Waals surface area contributed by atoms with Crippen molar-refractivity contribution < 1.29 is 9.90 Å². The molecule has 2 N–H and O–H groups in total. The number of para-hydroxylation sites is 1. The zero-order valence-electron chi connectivity index (χ0n) is 12.0. The van der Waals surface area contributed by atoms with Gasteiger partial charge in [0.25, 0.3) is 0 Å². The van der Waals surface area contributed by atoms with Crippen LogP contribution in [-0.4, -0.2) is 30.9 Å². The zero-order valence-corrected chi connectivity index (χ0v) is 12.0. The molecule has 0 bridgehead atoms. The molecule has 0 unspecified atom stereocenters. The standard InChI is InChI=1S/C17H12N4O2/c22-16-4-2-1-3-14(16)17(23)12-9-19-21(10-12)13-5-6-15-11(7-13)8-18-20-15/h1-10,22H,(H,18,20). The first-order valence-electron chi connectivity index (χ1n) is 7.03. The van der Waals surface area contributed by atoms with E-state index in [0.717, 1.165) is 16.6 Å². The second-order valence-electron chi connectivity index (χ2n) is 5.16. The van der Waals surface area contributed by atoms with Gasteiger partial charge in [0, 0.05) is 11.6 Å². The summed E-state index contributed by atoms with van der Waals surface area (Å²) in [5.41, 5.74) is 2.44. The molecule has 0 spiro atoms. The number of hydrogen-bond donors (Lipinski definition) is 2. The van der Waals surface area contributed by atoms with Crippen molar-refractivity contribution in [2.75, 3.05) is 0 Å². The van der Waals surface area contributed by atoms with Gasteiger partial charge in [0.05, 0.1) is 34.7 Å². The van der Waals surface area contributed by atoms with Crippen LogP contribution in [0, 0.1) is 0 Å². The molecular weight excluding hydrogens is 292 g/mol. The van der Waals surface area contributed by atoms with Crippen molar-refractivity contribution in [3.63, 3.8) is 0 Å². The minimum atomic E-state index is -0.265. The Kier molecular flexibility index (Phi) is 2.94. The van der Waals surface area contributed by atoms with Crippen molar-refractivity contribution in [2.24, 2.45) is 0 Å². The highest BCUT2D eigenvalue weighted by atomic mass is 16.3. The molecule has 6 heteroatoms. The molecule has 0 amide bonds. The first-order valence-corrected chi connectivity index (χ1v) is 7.03. The molecule has 0 saturated carbocycles. The second kappa shape index (κ2) is 5.10. The third kappa shape index (κ3) is 2.26. The van der Waals surface area contributed by atoms with Gasteiger partial charge in [-0.1, -0.05) is 12.1 Å². The van der Waals surface area contributed by atoms with Gasteiger partial charge in [-0.25, -0.2) is 4.68 Å². The number of rotatable bonds is 3. The number of aromatic hydroxyl groups is 1. The molecule has 0 aliphatic heterocycles. The number of nitrogens with one attached hydrogen (secondary N) is 1. The molecule has 0 radical (unpaired) electrons. The predicted molar refractivity (Wildman–Crippen MR) is 84.8 cm³/mol. The fourth-order valence-electron chi connectivity index (χ4n) is 2.48. The Hall–Kier alpha value is -3.41. The quantitative estimate of drug-likeness (QED) is 0.570. The molecule has 2 aromatic heterocycles. The largest absolute Gasteiger partial charge is 0.507 e. The second-order valence-corrected chi connectivity index (χ2v) is 5.16. The van der Waals surface area contributed by atoms with E-state index < -0.39 is 0 Å². The van der Waals surface area contributed by atoms with E-state index in [1.165, 1.54) is 12.3 Å². The average molecular weight is 304 g/mol. The Labute approximate surface area is 131 Å². The van der Waals surface area contributed by atoms with Crippen LogP contribution in [0.5, 0.6) is 5.75 Å². The van der Waals surface area contributed by atoms with E-state index in [-0.39, 0.29) is 17.1 Å². The monoisotopic (exact) mass is 304 g/mol. The normalized spacial score (nSPS) is 11.0. The lowest BCUT2D eigenvalue weighted by Crippen LogP contribution is -2.00. The summed E-state index contributed by atoms with van der Waals surface area (Å²) in [5.74, 6) is -0.302. The van der Waals surface area contributed by atoms with Crippen molar-refractivity contribution in [1.29, 1.82) is 0 Å². The Morgan fingerprint density at radius 1 is 1.13 bits per heavy atom. The number of fused-ring (bicyclic) bond motifs is 1. The molecule has 2 heterocycles. The van der Waals surface area contributed by atoms with Crippen LogP contribution in [0.2, 0.25) is 0 Å². The highest BCUT2D eigenvalue weighted by Crippen LogP contribution is 2.21. The van der Waals surface area contributed by atoms with Gasteiger partial charge in [-0.15, -0.1) is 0 Å². The Morgan fingerprint density at radius 3 is 2.87 bits per heavy atom. The zero-order chi connectivity index (χ0) is 15.8. The summed E-state index contributed by atoms with van der Waals surface area (Å²) in [6, 6.07) is 12.2. The van der Waals surface area contributed by atoms with Gasteiger partial charge >= 0.3 is 0 Å². The van der Waals surface area contributed by atoms with E-state index in [0.29, 0.717) is 5.56 Å². The topological polar surface area (TPSA) is 83.8 Å². The van der Waals surface area contributed by atoms with Gasteiger partial charge in [0.15, 0.2) is 5.78 Å². The molecule has 4 rings (SSSR count). The lowest BCUT2D eigenvalue weighted by atomic mass is 10.1. The fourth-order valence-corrected chi connectivity index (χ4v) is 2.48. The van der Waals surface area contributed by atoms with Crippen molar-refractivity contribution in [3.8, 4) is 11.4 Å². The number of nitrogens with zero attached hydrogens (tertiary/aromatic N) is 3. The van der Waals surface area contributed by atoms with Crippen LogP contribution in [0.25, 0.3) is 16.6 Å². The number of phenolic OH excluding ortho intramolecular Hbond substituents is 1. The molecule has 0 aliphatic carbocycles. The third-order valence-corrected chi connectivity index (χ3v) is 3.68. The van der Waals surface area contributed by atoms with Gasteiger partial charge in [-0.3, -0.25) is 9.89 Å². The summed E-state index contributed by atoms with van der Waals surface area (Å²) in [6.07, 6.45) is 4.88. The minimum Gasteiger partial charge on any atom is -0.507 e. The molecule has 0 atom stereocenters. The van der Waals surface area contributed by atoms with E-state index in [4.69, 9.17) is 0 Å². The number of H-pyrrole nitrogens is 1. The molecular formula is C17H12N4O2. The molecule has 0 aliphatic rings. The van der Waals surface area contributed by atoms with Gasteiger partial charge < -0.3 is 5.11 Å². The maximum absolute atomic E-state index is 12.5. The molecule has 0 saturated heterocycles. The molecule has 2 aromatic carbocycles. The van der Waals surface area contributed by atoms with E-state index in [9.17, 15) is 9.90 Å². The van der Waals surface area contributed by atoms with Crippen LogP contribution in [-0.2, 0) is 0 Å². The summed E-state index contributed by atoms with van der Waals surface area (Å²) >= 11 is 0. The Bertz CT molecular complexity index is 1020. The number of phenols is 1. The number of hydrogen-bond acceptors (Lipinski definition) is 4. The average Bonchev–Trinajstić information content (AvgIpc) is 3.23. The van der Waals surface area contributed by atoms with E-state index in [1.807, 2.05) is 18.2 Å². The SMILES string of the molecule is O=C(c1cnn(-c2ccc3[nH]ncc3c2)c1)c1ccccc1O. The summed E-state index contributed by atoms with van der Waals surface area (Å²) in [4.78, 5) is 12.5. The smallest absolute Gasteiger partial charge is 0.199 e. The Morgan fingerprint density at radius 2 is 2.00 bits per heavy atom. The maximum atomic E-state index is 12.5. The summed E-state index contributed by atoms with van der Waals surface area (Å²) in [5, 5.41) is 21.9. The van der Waals surface area contributed by atoms with Crippen molar-refractivity contribution in [2.45, 2.75) is 0 Å². The van der Waals surface area contributed by atoms with Crippen LogP contribution in [0.1, 0.15) is 15.9 Å². The number of aromatic amines is 1. The predicted octanol–water partition coefficient (Wildman–Crippen LogP) is 2.69. The lowest BCUT2D eigenvalue weighted by molar-refractivity contribution is 0.103. The summed E-state index contributed by atoms with van der Waals surface area (Å²) in [6.45, 7) is 0. The van der Waals surface area contributed by atoms with E-state index in [2.05, 4.69) is 15.3 Å². The van der Waals surface area contributed by atoms with Crippen LogP contribution < -0.4 is 0 Å². The number of benzene rings is 2. The van der Waals surface area contributed by atoms with Crippen molar-refractivity contribution in [3.05, 3.63) is 72.2 Å². The first kappa shape index (κ1) is 13.3. The number of carbonyl (C=O) groups is 1. The molecule has 0 fully saturated rings. The van der Waals surface area contributed by atoms with Gasteiger partial charge in [0.2, 0.25) is 0 Å². The summed E-state index contributed by atoms with van der Waals surface area (Å²) in [7, 11) is 0. The van der Waals surface area contributed by atoms with Crippen LogP contribution >= 0.6 is 0 Å². The van der Waals surface area contributed by atoms with E-state index >= 15 is 0 Å². The minimum absolute atomic E-state index is 0.0370. The van der Waals surface area contributed by atoms with Crippen molar-refractivity contribution in [1.82, 2.24) is 20.0 Å². The van der Waals surface area contributed by atoms with Gasteiger partial charge in [-0.05, 0) is 30.3 Å². The maximum Gasteiger partial charge on any atom is 0.199 e. The van der Waals surface area contributed by atoms with E-state index in [1.54, 1.807) is 35.3 Å². The van der Waals surface area contributed by atoms with Crippen LogP contribution in [0.3, 0.4) is 0 Å². The lowest BCUT2D eigenvalue weighted by Gasteiger charge is -2.02. The molecule has 23 heavy (non-hydrogen) atoms. The van der Waals surface area contributed by atoms with Crippen LogP contribution in [0.4, 0.5) is 0 Å². The van der Waals surface area contributed by atoms with Gasteiger partial charge in [-0.2, -0.15) is 10.2 Å². The highest BCUT2D eigenvalue weighted by Gasteiger charge is 2.15. The molecule has 112 valence electrons. The first-order chi connectivity index (χ1) is 11.2. The summed E-state index contributed by atoms with van der Waals surface area (Å²) < 4.78 is 1.62. The molecule has 4 aromatic rings. The fraction of sp³-hybridized carbons (Fsp3) is 0. The van der Waals surface area contributed by atoms with Crippen LogP contribution in [0.15, 0.2) is 61.1 Å². The number of aromatic nitrogens is 4. The van der Waals surface area contributed by atoms with Crippen molar-refractivity contribution >= 4 is 16.7 Å².